The molecule has 5 heteroatoms. The first-order valence-electron chi connectivity index (χ1n) is 8.72. The minimum atomic E-state index is -1.12. The van der Waals surface area contributed by atoms with Crippen molar-refractivity contribution in [2.75, 3.05) is 0 Å². The van der Waals surface area contributed by atoms with Crippen LogP contribution in [0.5, 0.6) is 0 Å². The molecule has 138 valence electrons. The van der Waals surface area contributed by atoms with E-state index in [-0.39, 0.29) is 22.5 Å². The molecule has 1 unspecified atom stereocenters. The normalized spacial score (nSPS) is 13.1. The predicted octanol–water partition coefficient (Wildman–Crippen LogP) is 3.42. The first kappa shape index (κ1) is 18.6. The molecular weight excluding hydrogens is 342 g/mol. The largest absolute Gasteiger partial charge is 0.450 e. The monoisotopic (exact) mass is 363 g/mol. The summed E-state index contributed by atoms with van der Waals surface area (Å²) in [6, 6.07) is 16.2. The topological polar surface area (TPSA) is 76.4 Å². The van der Waals surface area contributed by atoms with Gasteiger partial charge in [-0.2, -0.15) is 0 Å². The van der Waals surface area contributed by atoms with Crippen LogP contribution in [-0.4, -0.2) is 17.2 Å². The zero-order valence-corrected chi connectivity index (χ0v) is 15.5. The summed E-state index contributed by atoms with van der Waals surface area (Å²) in [5, 5.41) is 3.19. The number of para-hydroxylation sites is 1. The zero-order valence-electron chi connectivity index (χ0n) is 15.5. The van der Waals surface area contributed by atoms with Crippen molar-refractivity contribution in [1.82, 2.24) is 5.32 Å². The van der Waals surface area contributed by atoms with Crippen molar-refractivity contribution in [2.24, 2.45) is 0 Å². The van der Waals surface area contributed by atoms with Gasteiger partial charge in [0, 0.05) is 12.0 Å². The Labute approximate surface area is 157 Å². The highest BCUT2D eigenvalue weighted by Crippen LogP contribution is 2.19. The van der Waals surface area contributed by atoms with Crippen molar-refractivity contribution in [1.29, 1.82) is 0 Å². The number of Topliss-reactive ketones (excluding diaryl/α,β-unsaturated/α-hetero) is 1. The van der Waals surface area contributed by atoms with Gasteiger partial charge >= 0.3 is 0 Å². The Morgan fingerprint density at radius 1 is 1.04 bits per heavy atom. The Hall–Kier alpha value is -3.21. The van der Waals surface area contributed by atoms with Crippen molar-refractivity contribution in [3.63, 3.8) is 0 Å². The maximum atomic E-state index is 12.9. The van der Waals surface area contributed by atoms with Crippen molar-refractivity contribution in [3.8, 4) is 0 Å². The predicted molar refractivity (Wildman–Crippen MR) is 104 cm³/mol. The van der Waals surface area contributed by atoms with Gasteiger partial charge < -0.3 is 9.73 Å². The molecule has 0 radical (unpaired) electrons. The molecule has 1 heterocycles. The number of carbonyl (C=O) groups excluding carboxylic acids is 2. The molecular formula is C22H21NO4. The lowest BCUT2D eigenvalue weighted by molar-refractivity contribution is -0.122. The fourth-order valence-corrected chi connectivity index (χ4v) is 3.02. The Morgan fingerprint density at radius 3 is 2.33 bits per heavy atom. The Kier molecular flexibility index (Phi) is 4.95. The zero-order chi connectivity index (χ0) is 19.6. The summed E-state index contributed by atoms with van der Waals surface area (Å²) in [6.45, 7) is 4.66. The van der Waals surface area contributed by atoms with Crippen LogP contribution in [0.2, 0.25) is 0 Å². The molecule has 0 aliphatic carbocycles. The van der Waals surface area contributed by atoms with E-state index < -0.39 is 11.4 Å². The van der Waals surface area contributed by atoms with Gasteiger partial charge in [-0.3, -0.25) is 14.4 Å². The summed E-state index contributed by atoms with van der Waals surface area (Å²) in [5.41, 5.74) is 0.110. The SMILES string of the molecule is CC(=O)C(C)(Cc1ccccc1)NC(=O)c1oc2ccccc2c(=O)c1C. The number of hydrogen-bond donors (Lipinski definition) is 1. The molecule has 27 heavy (non-hydrogen) atoms. The molecule has 0 fully saturated rings. The van der Waals surface area contributed by atoms with Crippen LogP contribution in [0.3, 0.4) is 0 Å². The molecule has 1 amide bonds. The first-order chi connectivity index (χ1) is 12.8. The van der Waals surface area contributed by atoms with Crippen LogP contribution in [0.25, 0.3) is 11.0 Å². The average Bonchev–Trinajstić information content (AvgIpc) is 2.65. The third-order valence-corrected chi connectivity index (χ3v) is 4.80. The van der Waals surface area contributed by atoms with E-state index in [9.17, 15) is 14.4 Å². The van der Waals surface area contributed by atoms with E-state index in [1.165, 1.54) is 6.92 Å². The van der Waals surface area contributed by atoms with Crippen LogP contribution in [0.4, 0.5) is 0 Å². The van der Waals surface area contributed by atoms with E-state index in [1.54, 1.807) is 38.1 Å². The second-order valence-electron chi connectivity index (χ2n) is 6.89. The van der Waals surface area contributed by atoms with Gasteiger partial charge in [0.15, 0.2) is 17.0 Å². The number of fused-ring (bicyclic) bond motifs is 1. The van der Waals surface area contributed by atoms with Gasteiger partial charge in [0.05, 0.1) is 10.9 Å². The van der Waals surface area contributed by atoms with Crippen molar-refractivity contribution >= 4 is 22.7 Å². The molecule has 1 atom stereocenters. The molecule has 3 aromatic rings. The van der Waals surface area contributed by atoms with Gasteiger partial charge in [0.2, 0.25) is 0 Å². The molecule has 2 aromatic carbocycles. The highest BCUT2D eigenvalue weighted by atomic mass is 16.3. The molecule has 5 nitrogen and oxygen atoms in total. The lowest BCUT2D eigenvalue weighted by atomic mass is 9.89. The second-order valence-corrected chi connectivity index (χ2v) is 6.89. The van der Waals surface area contributed by atoms with Gasteiger partial charge in [-0.05, 0) is 38.5 Å². The number of ketones is 1. The number of hydrogen-bond acceptors (Lipinski definition) is 4. The molecule has 1 N–H and O–H groups in total. The van der Waals surface area contributed by atoms with Crippen LogP contribution in [0, 0.1) is 6.92 Å². The first-order valence-corrected chi connectivity index (χ1v) is 8.72. The van der Waals surface area contributed by atoms with E-state index in [0.717, 1.165) is 5.56 Å². The smallest absolute Gasteiger partial charge is 0.288 e. The standard InChI is InChI=1S/C22H21NO4/c1-14-19(25)17-11-7-8-12-18(17)27-20(14)21(26)23-22(3,15(2)24)13-16-9-5-4-6-10-16/h4-12H,13H2,1-3H3,(H,23,26). The Balaban J connectivity index is 1.97. The Morgan fingerprint density at radius 2 is 1.67 bits per heavy atom. The van der Waals surface area contributed by atoms with E-state index >= 15 is 0 Å². The molecule has 0 aliphatic heterocycles. The number of carbonyl (C=O) groups is 2. The van der Waals surface area contributed by atoms with Gasteiger partial charge in [-0.1, -0.05) is 42.5 Å². The van der Waals surface area contributed by atoms with E-state index in [1.807, 2.05) is 30.3 Å². The summed E-state index contributed by atoms with van der Waals surface area (Å²) >= 11 is 0. The number of rotatable bonds is 5. The van der Waals surface area contributed by atoms with Crippen molar-refractivity contribution < 1.29 is 14.0 Å². The summed E-state index contributed by atoms with van der Waals surface area (Å²) in [7, 11) is 0. The van der Waals surface area contributed by atoms with Crippen LogP contribution in [0.15, 0.2) is 63.8 Å². The third kappa shape index (κ3) is 3.67. The quantitative estimate of drug-likeness (QED) is 0.753. The fraction of sp³-hybridized carbons (Fsp3) is 0.227. The summed E-state index contributed by atoms with van der Waals surface area (Å²) < 4.78 is 5.69. The van der Waals surface area contributed by atoms with Crippen LogP contribution >= 0.6 is 0 Å². The van der Waals surface area contributed by atoms with E-state index in [4.69, 9.17) is 4.42 Å². The highest BCUT2D eigenvalue weighted by molar-refractivity contribution is 5.99. The van der Waals surface area contributed by atoms with Crippen LogP contribution in [0.1, 0.15) is 35.5 Å². The fourth-order valence-electron chi connectivity index (χ4n) is 3.02. The number of nitrogens with one attached hydrogen (secondary N) is 1. The van der Waals surface area contributed by atoms with E-state index in [0.29, 0.717) is 17.4 Å². The van der Waals surface area contributed by atoms with Crippen molar-refractivity contribution in [2.45, 2.75) is 32.7 Å². The van der Waals surface area contributed by atoms with Gasteiger partial charge in [0.1, 0.15) is 5.58 Å². The van der Waals surface area contributed by atoms with E-state index in [2.05, 4.69) is 5.32 Å². The minimum Gasteiger partial charge on any atom is -0.450 e. The summed E-state index contributed by atoms with van der Waals surface area (Å²) in [5.74, 6) is -0.830. The number of benzene rings is 2. The molecule has 0 aliphatic rings. The summed E-state index contributed by atoms with van der Waals surface area (Å²) in [4.78, 5) is 37.7. The molecule has 0 spiro atoms. The maximum absolute atomic E-state index is 12.9. The number of amides is 1. The van der Waals surface area contributed by atoms with Crippen molar-refractivity contribution in [3.05, 3.63) is 81.7 Å². The van der Waals surface area contributed by atoms with Crippen LogP contribution in [-0.2, 0) is 11.2 Å². The average molecular weight is 363 g/mol. The third-order valence-electron chi connectivity index (χ3n) is 4.80. The molecule has 0 bridgehead atoms. The molecule has 0 saturated carbocycles. The Bertz CT molecular complexity index is 1070. The molecule has 0 saturated heterocycles. The minimum absolute atomic E-state index is 0.0702. The van der Waals surface area contributed by atoms with Crippen LogP contribution < -0.4 is 10.7 Å². The maximum Gasteiger partial charge on any atom is 0.288 e. The molecule has 3 rings (SSSR count). The highest BCUT2D eigenvalue weighted by Gasteiger charge is 2.33. The lowest BCUT2D eigenvalue weighted by Crippen LogP contribution is -2.53. The molecule has 1 aromatic heterocycles. The van der Waals surface area contributed by atoms with Gasteiger partial charge in [0.25, 0.3) is 5.91 Å². The lowest BCUT2D eigenvalue weighted by Gasteiger charge is -2.28. The second kappa shape index (κ2) is 7.19. The van der Waals surface area contributed by atoms with Gasteiger partial charge in [-0.15, -0.1) is 0 Å². The van der Waals surface area contributed by atoms with Gasteiger partial charge in [-0.25, -0.2) is 0 Å². The summed E-state index contributed by atoms with van der Waals surface area (Å²) in [6.07, 6.45) is 0.339.